The van der Waals surface area contributed by atoms with Crippen molar-refractivity contribution in [3.05, 3.63) is 60.0 Å². The van der Waals surface area contributed by atoms with E-state index in [1.807, 2.05) is 48.5 Å². The Hall–Kier alpha value is -2.82. The molecule has 0 radical (unpaired) electrons. The molecule has 0 saturated heterocycles. The van der Waals surface area contributed by atoms with Crippen LogP contribution in [0.2, 0.25) is 0 Å². The molecular formula is C17H16N2O3. The van der Waals surface area contributed by atoms with Gasteiger partial charge in [-0.25, -0.2) is 0 Å². The average Bonchev–Trinajstić information content (AvgIpc) is 3.04. The van der Waals surface area contributed by atoms with Crippen LogP contribution in [0.25, 0.3) is 11.5 Å². The van der Waals surface area contributed by atoms with Crippen molar-refractivity contribution in [2.45, 2.75) is 6.42 Å². The van der Waals surface area contributed by atoms with E-state index in [4.69, 9.17) is 13.9 Å². The van der Waals surface area contributed by atoms with E-state index in [-0.39, 0.29) is 0 Å². The summed E-state index contributed by atoms with van der Waals surface area (Å²) in [6.45, 7) is 0. The molecule has 1 heterocycles. The maximum Gasteiger partial charge on any atom is 0.247 e. The maximum absolute atomic E-state index is 5.71. The molecule has 5 heteroatoms. The van der Waals surface area contributed by atoms with Gasteiger partial charge in [-0.1, -0.05) is 12.1 Å². The molecule has 2 aromatic carbocycles. The number of methoxy groups -OCH3 is 2. The highest BCUT2D eigenvalue weighted by molar-refractivity contribution is 5.54. The fourth-order valence-electron chi connectivity index (χ4n) is 2.09. The summed E-state index contributed by atoms with van der Waals surface area (Å²) in [5, 5.41) is 8.18. The first-order valence-corrected chi connectivity index (χ1v) is 6.88. The zero-order chi connectivity index (χ0) is 15.4. The largest absolute Gasteiger partial charge is 0.497 e. The minimum absolute atomic E-state index is 0.506. The first-order valence-electron chi connectivity index (χ1n) is 6.88. The lowest BCUT2D eigenvalue weighted by Gasteiger charge is -2.01. The number of rotatable bonds is 5. The third-order valence-corrected chi connectivity index (χ3v) is 3.32. The number of hydrogen-bond donors (Lipinski definition) is 0. The van der Waals surface area contributed by atoms with E-state index in [0.29, 0.717) is 18.2 Å². The Morgan fingerprint density at radius 3 is 2.00 bits per heavy atom. The molecular weight excluding hydrogens is 280 g/mol. The minimum Gasteiger partial charge on any atom is -0.497 e. The van der Waals surface area contributed by atoms with Gasteiger partial charge in [0.05, 0.1) is 20.6 Å². The Balaban J connectivity index is 1.74. The Kier molecular flexibility index (Phi) is 4.05. The Labute approximate surface area is 128 Å². The van der Waals surface area contributed by atoms with Crippen LogP contribution in [0.3, 0.4) is 0 Å². The summed E-state index contributed by atoms with van der Waals surface area (Å²) < 4.78 is 16.0. The van der Waals surface area contributed by atoms with E-state index in [0.717, 1.165) is 22.6 Å². The Bertz CT molecular complexity index is 733. The van der Waals surface area contributed by atoms with Gasteiger partial charge in [-0.15, -0.1) is 10.2 Å². The highest BCUT2D eigenvalue weighted by Crippen LogP contribution is 2.22. The molecule has 0 fully saturated rings. The highest BCUT2D eigenvalue weighted by Gasteiger charge is 2.09. The average molecular weight is 296 g/mol. The van der Waals surface area contributed by atoms with Crippen molar-refractivity contribution in [3.8, 4) is 23.0 Å². The van der Waals surface area contributed by atoms with E-state index in [9.17, 15) is 0 Å². The van der Waals surface area contributed by atoms with E-state index in [1.54, 1.807) is 14.2 Å². The van der Waals surface area contributed by atoms with Crippen LogP contribution in [0.4, 0.5) is 0 Å². The topological polar surface area (TPSA) is 57.4 Å². The lowest BCUT2D eigenvalue weighted by molar-refractivity contribution is 0.414. The predicted octanol–water partition coefficient (Wildman–Crippen LogP) is 3.34. The summed E-state index contributed by atoms with van der Waals surface area (Å²) >= 11 is 0. The number of benzene rings is 2. The van der Waals surface area contributed by atoms with Crippen LogP contribution in [0.15, 0.2) is 52.9 Å². The SMILES string of the molecule is COc1ccc(Cc2nnc(-c3ccc(OC)cc3)o2)cc1. The van der Waals surface area contributed by atoms with Gasteiger partial charge in [-0.05, 0) is 42.0 Å². The zero-order valence-corrected chi connectivity index (χ0v) is 12.4. The number of aromatic nitrogens is 2. The highest BCUT2D eigenvalue weighted by atomic mass is 16.5. The summed E-state index contributed by atoms with van der Waals surface area (Å²) in [4.78, 5) is 0. The molecule has 0 atom stereocenters. The maximum atomic E-state index is 5.71. The van der Waals surface area contributed by atoms with Gasteiger partial charge in [0.25, 0.3) is 0 Å². The minimum atomic E-state index is 0.506. The molecule has 0 saturated carbocycles. The van der Waals surface area contributed by atoms with Crippen molar-refractivity contribution in [2.75, 3.05) is 14.2 Å². The molecule has 1 aromatic heterocycles. The summed E-state index contributed by atoms with van der Waals surface area (Å²) in [5.41, 5.74) is 1.96. The van der Waals surface area contributed by atoms with Crippen molar-refractivity contribution in [1.29, 1.82) is 0 Å². The quantitative estimate of drug-likeness (QED) is 0.722. The molecule has 0 spiro atoms. The molecule has 0 unspecified atom stereocenters. The molecule has 0 aliphatic heterocycles. The van der Waals surface area contributed by atoms with Crippen LogP contribution in [0, 0.1) is 0 Å². The number of ether oxygens (including phenoxy) is 2. The van der Waals surface area contributed by atoms with Gasteiger partial charge in [0.1, 0.15) is 11.5 Å². The van der Waals surface area contributed by atoms with E-state index < -0.39 is 0 Å². The summed E-state index contributed by atoms with van der Waals surface area (Å²) in [6, 6.07) is 15.3. The van der Waals surface area contributed by atoms with Crippen molar-refractivity contribution < 1.29 is 13.9 Å². The fourth-order valence-corrected chi connectivity index (χ4v) is 2.09. The van der Waals surface area contributed by atoms with Gasteiger partial charge in [-0.2, -0.15) is 0 Å². The van der Waals surface area contributed by atoms with Gasteiger partial charge in [0.2, 0.25) is 11.8 Å². The van der Waals surface area contributed by atoms with Crippen molar-refractivity contribution in [3.63, 3.8) is 0 Å². The first kappa shape index (κ1) is 14.1. The van der Waals surface area contributed by atoms with Crippen molar-refractivity contribution in [2.24, 2.45) is 0 Å². The summed E-state index contributed by atoms with van der Waals surface area (Å²) in [6.07, 6.45) is 0.590. The summed E-state index contributed by atoms with van der Waals surface area (Å²) in [7, 11) is 3.28. The Morgan fingerprint density at radius 2 is 1.41 bits per heavy atom. The molecule has 0 bridgehead atoms. The second-order valence-electron chi connectivity index (χ2n) is 4.75. The smallest absolute Gasteiger partial charge is 0.247 e. The monoisotopic (exact) mass is 296 g/mol. The second kappa shape index (κ2) is 6.30. The zero-order valence-electron chi connectivity index (χ0n) is 12.4. The van der Waals surface area contributed by atoms with E-state index in [2.05, 4.69) is 10.2 Å². The van der Waals surface area contributed by atoms with Gasteiger partial charge in [0.15, 0.2) is 0 Å². The number of hydrogen-bond acceptors (Lipinski definition) is 5. The van der Waals surface area contributed by atoms with Crippen LogP contribution in [-0.4, -0.2) is 24.4 Å². The third-order valence-electron chi connectivity index (χ3n) is 3.32. The van der Waals surface area contributed by atoms with E-state index >= 15 is 0 Å². The molecule has 3 aromatic rings. The molecule has 112 valence electrons. The Morgan fingerprint density at radius 1 is 0.818 bits per heavy atom. The van der Waals surface area contributed by atoms with E-state index in [1.165, 1.54) is 0 Å². The molecule has 3 rings (SSSR count). The van der Waals surface area contributed by atoms with Crippen LogP contribution in [0.5, 0.6) is 11.5 Å². The lowest BCUT2D eigenvalue weighted by atomic mass is 10.1. The van der Waals surface area contributed by atoms with Crippen molar-refractivity contribution in [1.82, 2.24) is 10.2 Å². The van der Waals surface area contributed by atoms with Crippen molar-refractivity contribution >= 4 is 0 Å². The molecule has 5 nitrogen and oxygen atoms in total. The van der Waals surface area contributed by atoms with Crippen LogP contribution in [0.1, 0.15) is 11.5 Å². The molecule has 0 amide bonds. The van der Waals surface area contributed by atoms with Gasteiger partial charge in [-0.3, -0.25) is 0 Å². The van der Waals surface area contributed by atoms with Gasteiger partial charge in [0, 0.05) is 5.56 Å². The lowest BCUT2D eigenvalue weighted by Crippen LogP contribution is -1.89. The summed E-state index contributed by atoms with van der Waals surface area (Å²) in [5.74, 6) is 2.71. The fraction of sp³-hybridized carbons (Fsp3) is 0.176. The standard InChI is InChI=1S/C17H16N2O3/c1-20-14-7-3-12(4-8-14)11-16-18-19-17(22-16)13-5-9-15(21-2)10-6-13/h3-10H,11H2,1-2H3. The molecule has 0 aliphatic carbocycles. The second-order valence-corrected chi connectivity index (χ2v) is 4.75. The normalized spacial score (nSPS) is 10.5. The van der Waals surface area contributed by atoms with Gasteiger partial charge < -0.3 is 13.9 Å². The predicted molar refractivity (Wildman–Crippen MR) is 82.1 cm³/mol. The van der Waals surface area contributed by atoms with Crippen LogP contribution < -0.4 is 9.47 Å². The molecule has 0 N–H and O–H groups in total. The van der Waals surface area contributed by atoms with Gasteiger partial charge >= 0.3 is 0 Å². The van der Waals surface area contributed by atoms with Crippen LogP contribution >= 0.6 is 0 Å². The number of nitrogens with zero attached hydrogens (tertiary/aromatic N) is 2. The third kappa shape index (κ3) is 3.09. The molecule has 22 heavy (non-hydrogen) atoms. The molecule has 0 aliphatic rings. The van der Waals surface area contributed by atoms with Crippen LogP contribution in [-0.2, 0) is 6.42 Å². The first-order chi connectivity index (χ1) is 10.8.